The maximum Gasteiger partial charge on any atom is 0.303 e. The molecule has 0 spiro atoms. The Hall–Kier alpha value is -1.62. The van der Waals surface area contributed by atoms with Gasteiger partial charge >= 0.3 is 5.97 Å². The topological polar surface area (TPSA) is 98.5 Å². The summed E-state index contributed by atoms with van der Waals surface area (Å²) in [4.78, 5) is 10.5. The van der Waals surface area contributed by atoms with Gasteiger partial charge in [0.15, 0.2) is 0 Å². The lowest BCUT2D eigenvalue weighted by Crippen LogP contribution is -2.50. The summed E-state index contributed by atoms with van der Waals surface area (Å²) in [6.07, 6.45) is -0.0485. The first-order valence-corrected chi connectivity index (χ1v) is 7.58. The zero-order chi connectivity index (χ0) is 14.9. The van der Waals surface area contributed by atoms with E-state index in [1.165, 1.54) is 22.5 Å². The van der Waals surface area contributed by atoms with E-state index in [1.54, 1.807) is 0 Å². The van der Waals surface area contributed by atoms with Gasteiger partial charge in [0.05, 0.1) is 23.1 Å². The summed E-state index contributed by atoms with van der Waals surface area (Å²) >= 11 is 5.89. The number of carboxylic acid groups (broad SMARTS) is 1. The quantitative estimate of drug-likeness (QED) is 0.903. The van der Waals surface area contributed by atoms with E-state index in [9.17, 15) is 13.2 Å². The number of benzene rings is 1. The van der Waals surface area contributed by atoms with E-state index in [4.69, 9.17) is 22.0 Å². The Morgan fingerprint density at radius 1 is 1.50 bits per heavy atom. The summed E-state index contributed by atoms with van der Waals surface area (Å²) in [5.41, 5.74) is 0.279. The van der Waals surface area contributed by atoms with Crippen molar-refractivity contribution >= 4 is 27.6 Å². The smallest absolute Gasteiger partial charge is 0.303 e. The maximum atomic E-state index is 12.3. The van der Waals surface area contributed by atoms with E-state index in [0.717, 1.165) is 0 Å². The van der Waals surface area contributed by atoms with Crippen LogP contribution in [-0.2, 0) is 14.8 Å². The van der Waals surface area contributed by atoms with E-state index in [-0.39, 0.29) is 40.9 Å². The van der Waals surface area contributed by atoms with Crippen LogP contribution in [0.2, 0.25) is 5.02 Å². The highest BCUT2D eigenvalue weighted by atomic mass is 35.5. The van der Waals surface area contributed by atoms with Crippen molar-refractivity contribution in [2.75, 3.05) is 13.1 Å². The molecule has 1 aromatic rings. The lowest BCUT2D eigenvalue weighted by Gasteiger charge is -2.37. The molecular formula is C12H11ClN2O4S. The monoisotopic (exact) mass is 314 g/mol. The largest absolute Gasteiger partial charge is 0.481 e. The van der Waals surface area contributed by atoms with Crippen LogP contribution < -0.4 is 0 Å². The van der Waals surface area contributed by atoms with Crippen molar-refractivity contribution in [1.29, 1.82) is 5.26 Å². The van der Waals surface area contributed by atoms with Crippen LogP contribution >= 0.6 is 11.6 Å². The Morgan fingerprint density at radius 2 is 2.15 bits per heavy atom. The highest BCUT2D eigenvalue weighted by molar-refractivity contribution is 7.89. The van der Waals surface area contributed by atoms with Crippen molar-refractivity contribution in [3.8, 4) is 6.07 Å². The number of nitrogens with zero attached hydrogens (tertiary/aromatic N) is 2. The van der Waals surface area contributed by atoms with Gasteiger partial charge in [0.25, 0.3) is 0 Å². The fraction of sp³-hybridized carbons (Fsp3) is 0.333. The van der Waals surface area contributed by atoms with Crippen molar-refractivity contribution in [2.45, 2.75) is 11.3 Å². The van der Waals surface area contributed by atoms with Crippen LogP contribution in [0.15, 0.2) is 23.1 Å². The van der Waals surface area contributed by atoms with Gasteiger partial charge in [0.1, 0.15) is 4.90 Å². The van der Waals surface area contributed by atoms with Gasteiger partial charge in [-0.3, -0.25) is 4.79 Å². The number of rotatable bonds is 4. The summed E-state index contributed by atoms with van der Waals surface area (Å²) < 4.78 is 25.7. The SMILES string of the molecule is N#Cc1ccc(S(=O)(=O)N2CC(CC(=O)O)C2)c(Cl)c1. The number of nitriles is 1. The third-order valence-electron chi connectivity index (χ3n) is 3.07. The van der Waals surface area contributed by atoms with Gasteiger partial charge in [-0.15, -0.1) is 0 Å². The molecule has 1 N–H and O–H groups in total. The molecule has 0 saturated carbocycles. The number of sulfonamides is 1. The standard InChI is InChI=1S/C12H11ClN2O4S/c13-10-3-8(5-14)1-2-11(10)20(18,19)15-6-9(7-15)4-12(16)17/h1-3,9H,4,6-7H2,(H,16,17). The summed E-state index contributed by atoms with van der Waals surface area (Å²) in [5.74, 6) is -1.11. The Morgan fingerprint density at radius 3 is 2.65 bits per heavy atom. The van der Waals surface area contributed by atoms with Gasteiger partial charge in [-0.25, -0.2) is 8.42 Å². The van der Waals surface area contributed by atoms with Crippen LogP contribution in [0, 0.1) is 17.2 Å². The number of carboxylic acids is 1. The summed E-state index contributed by atoms with van der Waals surface area (Å²) in [6.45, 7) is 0.343. The average Bonchev–Trinajstić information content (AvgIpc) is 2.32. The third-order valence-corrected chi connectivity index (χ3v) is 5.38. The van der Waals surface area contributed by atoms with Crippen LogP contribution in [0.4, 0.5) is 0 Å². The fourth-order valence-electron chi connectivity index (χ4n) is 2.01. The number of carbonyl (C=O) groups is 1. The van der Waals surface area contributed by atoms with Gasteiger partial charge < -0.3 is 5.11 Å². The van der Waals surface area contributed by atoms with Crippen LogP contribution in [0.1, 0.15) is 12.0 Å². The third kappa shape index (κ3) is 2.77. The number of halogens is 1. The zero-order valence-electron chi connectivity index (χ0n) is 10.3. The Kier molecular flexibility index (Phi) is 3.99. The summed E-state index contributed by atoms with van der Waals surface area (Å²) in [7, 11) is -3.73. The molecule has 0 aliphatic carbocycles. The minimum Gasteiger partial charge on any atom is -0.481 e. The average molecular weight is 315 g/mol. The van der Waals surface area contributed by atoms with E-state index in [0.29, 0.717) is 0 Å². The lowest BCUT2D eigenvalue weighted by molar-refractivity contribution is -0.139. The molecule has 0 radical (unpaired) electrons. The predicted molar refractivity (Wildman–Crippen MR) is 70.7 cm³/mol. The molecule has 8 heteroatoms. The molecule has 0 bridgehead atoms. The minimum atomic E-state index is -3.73. The van der Waals surface area contributed by atoms with Crippen LogP contribution in [0.5, 0.6) is 0 Å². The molecule has 1 saturated heterocycles. The minimum absolute atomic E-state index is 0.00858. The Labute approximate surface area is 121 Å². The molecule has 0 unspecified atom stereocenters. The predicted octanol–water partition coefficient (Wildman–Crippen LogP) is 1.31. The molecule has 1 aliphatic heterocycles. The van der Waals surface area contributed by atoms with E-state index in [1.807, 2.05) is 6.07 Å². The van der Waals surface area contributed by atoms with E-state index < -0.39 is 16.0 Å². The first-order valence-electron chi connectivity index (χ1n) is 5.76. The normalized spacial score (nSPS) is 16.4. The van der Waals surface area contributed by atoms with Crippen molar-refractivity contribution in [1.82, 2.24) is 4.31 Å². The van der Waals surface area contributed by atoms with Gasteiger partial charge in [-0.1, -0.05) is 11.6 Å². The first-order chi connectivity index (χ1) is 9.34. The van der Waals surface area contributed by atoms with Crippen LogP contribution in [-0.4, -0.2) is 36.9 Å². The Balaban J connectivity index is 2.17. The summed E-state index contributed by atoms with van der Waals surface area (Å²) in [5, 5.41) is 17.3. The van der Waals surface area contributed by atoms with Crippen molar-refractivity contribution in [3.63, 3.8) is 0 Å². The maximum absolute atomic E-state index is 12.3. The molecule has 1 aromatic carbocycles. The second kappa shape index (κ2) is 5.40. The number of hydrogen-bond donors (Lipinski definition) is 1. The second-order valence-electron chi connectivity index (χ2n) is 4.54. The highest BCUT2D eigenvalue weighted by Crippen LogP contribution is 2.31. The van der Waals surface area contributed by atoms with Gasteiger partial charge in [0.2, 0.25) is 10.0 Å². The zero-order valence-corrected chi connectivity index (χ0v) is 11.9. The fourth-order valence-corrected chi connectivity index (χ4v) is 4.12. The molecule has 106 valence electrons. The second-order valence-corrected chi connectivity index (χ2v) is 6.86. The van der Waals surface area contributed by atoms with Crippen molar-refractivity contribution < 1.29 is 18.3 Å². The van der Waals surface area contributed by atoms with Crippen molar-refractivity contribution in [3.05, 3.63) is 28.8 Å². The molecule has 0 atom stereocenters. The molecule has 1 aliphatic rings. The van der Waals surface area contributed by atoms with Gasteiger partial charge in [-0.05, 0) is 24.1 Å². The molecule has 6 nitrogen and oxygen atoms in total. The molecule has 1 fully saturated rings. The number of hydrogen-bond acceptors (Lipinski definition) is 4. The lowest BCUT2D eigenvalue weighted by atomic mass is 10.00. The van der Waals surface area contributed by atoms with E-state index in [2.05, 4.69) is 0 Å². The molecule has 20 heavy (non-hydrogen) atoms. The highest BCUT2D eigenvalue weighted by Gasteiger charge is 2.38. The first kappa shape index (κ1) is 14.8. The summed E-state index contributed by atoms with van der Waals surface area (Å²) in [6, 6.07) is 5.84. The van der Waals surface area contributed by atoms with Gasteiger partial charge in [-0.2, -0.15) is 9.57 Å². The van der Waals surface area contributed by atoms with Crippen molar-refractivity contribution in [2.24, 2.45) is 5.92 Å². The molecule has 0 amide bonds. The molecule has 1 heterocycles. The van der Waals surface area contributed by atoms with Crippen LogP contribution in [0.3, 0.4) is 0 Å². The molecule has 2 rings (SSSR count). The van der Waals surface area contributed by atoms with Gasteiger partial charge in [0, 0.05) is 13.1 Å². The van der Waals surface area contributed by atoms with Crippen LogP contribution in [0.25, 0.3) is 0 Å². The molecular weight excluding hydrogens is 304 g/mol. The Bertz CT molecular complexity index is 690. The number of aliphatic carboxylic acids is 1. The molecule has 0 aromatic heterocycles. The van der Waals surface area contributed by atoms with E-state index >= 15 is 0 Å².